The Balaban J connectivity index is 2.99. The third kappa shape index (κ3) is 6.87. The third-order valence-corrected chi connectivity index (χ3v) is 4.32. The second kappa shape index (κ2) is 10.5. The minimum atomic E-state index is -1.20. The van der Waals surface area contributed by atoms with Crippen molar-refractivity contribution in [1.29, 1.82) is 0 Å². The van der Waals surface area contributed by atoms with E-state index in [-0.39, 0.29) is 18.1 Å². The number of aromatic hydroxyl groups is 1. The molecule has 0 aliphatic heterocycles. The number of amides is 2. The molecule has 27 heavy (non-hydrogen) atoms. The van der Waals surface area contributed by atoms with Crippen LogP contribution in [-0.4, -0.2) is 57.8 Å². The van der Waals surface area contributed by atoms with Gasteiger partial charge in [0.1, 0.15) is 23.9 Å². The van der Waals surface area contributed by atoms with Crippen molar-refractivity contribution < 1.29 is 29.7 Å². The smallest absolute Gasteiger partial charge is 0.326 e. The summed E-state index contributed by atoms with van der Waals surface area (Å²) in [6.07, 6.45) is 0.602. The summed E-state index contributed by atoms with van der Waals surface area (Å²) in [5.41, 5.74) is 6.12. The second-order valence-corrected chi connectivity index (χ2v) is 6.43. The number of benzene rings is 1. The van der Waals surface area contributed by atoms with Gasteiger partial charge in [-0.15, -0.1) is 0 Å². The SMILES string of the molecule is CC[C@H](C)[C@H](NC(=O)[C@H](Cc1ccc(O)cc1)NC(=O)[C@@H](N)CO)C(=O)O. The standard InChI is InChI=1S/C18H27N3O6/c1-3-10(2)15(18(26)27)21-17(25)14(20-16(24)13(19)9-22)8-11-4-6-12(23)7-5-11/h4-7,10,13-15,22-23H,3,8-9,19H2,1-2H3,(H,20,24)(H,21,25)(H,26,27)/t10-,13-,14-,15-/m0/s1. The van der Waals surface area contributed by atoms with E-state index in [1.165, 1.54) is 12.1 Å². The van der Waals surface area contributed by atoms with Crippen LogP contribution in [0.5, 0.6) is 5.75 Å². The molecule has 0 saturated carbocycles. The summed E-state index contributed by atoms with van der Waals surface area (Å²) in [5, 5.41) is 32.6. The zero-order valence-corrected chi connectivity index (χ0v) is 15.4. The zero-order valence-electron chi connectivity index (χ0n) is 15.4. The van der Waals surface area contributed by atoms with Crippen LogP contribution >= 0.6 is 0 Å². The van der Waals surface area contributed by atoms with Gasteiger partial charge in [-0.3, -0.25) is 9.59 Å². The van der Waals surface area contributed by atoms with E-state index < -0.39 is 42.5 Å². The first-order valence-electron chi connectivity index (χ1n) is 8.67. The molecule has 0 saturated heterocycles. The number of nitrogens with two attached hydrogens (primary N) is 1. The molecule has 0 unspecified atom stereocenters. The Morgan fingerprint density at radius 1 is 1.11 bits per heavy atom. The van der Waals surface area contributed by atoms with Crippen LogP contribution in [0.2, 0.25) is 0 Å². The summed E-state index contributed by atoms with van der Waals surface area (Å²) in [4.78, 5) is 36.1. The quantitative estimate of drug-likeness (QED) is 0.314. The number of hydrogen-bond donors (Lipinski definition) is 6. The van der Waals surface area contributed by atoms with Gasteiger partial charge in [0.15, 0.2) is 0 Å². The van der Waals surface area contributed by atoms with Gasteiger partial charge in [-0.05, 0) is 23.6 Å². The van der Waals surface area contributed by atoms with E-state index in [0.29, 0.717) is 12.0 Å². The molecule has 0 radical (unpaired) electrons. The van der Waals surface area contributed by atoms with Gasteiger partial charge < -0.3 is 31.7 Å². The molecule has 0 fully saturated rings. The van der Waals surface area contributed by atoms with Crippen molar-refractivity contribution in [2.45, 2.75) is 44.8 Å². The number of hydrogen-bond acceptors (Lipinski definition) is 6. The van der Waals surface area contributed by atoms with Crippen LogP contribution in [0.15, 0.2) is 24.3 Å². The maximum atomic E-state index is 12.7. The fourth-order valence-electron chi connectivity index (χ4n) is 2.38. The first-order chi connectivity index (χ1) is 12.7. The molecular formula is C18H27N3O6. The van der Waals surface area contributed by atoms with Crippen molar-refractivity contribution in [2.24, 2.45) is 11.7 Å². The van der Waals surface area contributed by atoms with Crippen LogP contribution in [-0.2, 0) is 20.8 Å². The fraction of sp³-hybridized carbons (Fsp3) is 0.500. The lowest BCUT2D eigenvalue weighted by molar-refractivity contribution is -0.143. The molecule has 2 amide bonds. The van der Waals surface area contributed by atoms with Crippen molar-refractivity contribution in [3.63, 3.8) is 0 Å². The molecule has 1 aromatic carbocycles. The average Bonchev–Trinajstić information content (AvgIpc) is 2.65. The van der Waals surface area contributed by atoms with Gasteiger partial charge in [0.25, 0.3) is 0 Å². The lowest BCUT2D eigenvalue weighted by Crippen LogP contribution is -2.56. The van der Waals surface area contributed by atoms with E-state index in [4.69, 9.17) is 10.8 Å². The fourth-order valence-corrected chi connectivity index (χ4v) is 2.38. The number of carboxylic acids is 1. The molecule has 1 rings (SSSR count). The lowest BCUT2D eigenvalue weighted by Gasteiger charge is -2.25. The number of rotatable bonds is 10. The molecule has 1 aromatic rings. The Morgan fingerprint density at radius 2 is 1.70 bits per heavy atom. The summed E-state index contributed by atoms with van der Waals surface area (Å²) < 4.78 is 0. The van der Waals surface area contributed by atoms with Crippen molar-refractivity contribution in [1.82, 2.24) is 10.6 Å². The molecule has 0 aliphatic rings. The van der Waals surface area contributed by atoms with Crippen LogP contribution in [0.25, 0.3) is 0 Å². The van der Waals surface area contributed by atoms with Crippen LogP contribution in [0.3, 0.4) is 0 Å². The van der Waals surface area contributed by atoms with Crippen molar-refractivity contribution in [2.75, 3.05) is 6.61 Å². The van der Waals surface area contributed by atoms with Gasteiger partial charge in [-0.25, -0.2) is 4.79 Å². The van der Waals surface area contributed by atoms with Crippen molar-refractivity contribution in [3.05, 3.63) is 29.8 Å². The average molecular weight is 381 g/mol. The summed E-state index contributed by atoms with van der Waals surface area (Å²) in [6, 6.07) is 2.63. The Morgan fingerprint density at radius 3 is 2.19 bits per heavy atom. The molecule has 9 nitrogen and oxygen atoms in total. The Labute approximate surface area is 157 Å². The van der Waals surface area contributed by atoms with Crippen LogP contribution in [0.1, 0.15) is 25.8 Å². The van der Waals surface area contributed by atoms with E-state index in [1.807, 2.05) is 6.92 Å². The van der Waals surface area contributed by atoms with Gasteiger partial charge in [0, 0.05) is 6.42 Å². The highest BCUT2D eigenvalue weighted by Gasteiger charge is 2.30. The van der Waals surface area contributed by atoms with Gasteiger partial charge in [0.05, 0.1) is 6.61 Å². The van der Waals surface area contributed by atoms with Gasteiger partial charge in [-0.1, -0.05) is 32.4 Å². The second-order valence-electron chi connectivity index (χ2n) is 6.43. The highest BCUT2D eigenvalue weighted by Crippen LogP contribution is 2.13. The van der Waals surface area contributed by atoms with Gasteiger partial charge in [0.2, 0.25) is 11.8 Å². The molecule has 0 aliphatic carbocycles. The largest absolute Gasteiger partial charge is 0.508 e. The maximum absolute atomic E-state index is 12.7. The zero-order chi connectivity index (χ0) is 20.6. The van der Waals surface area contributed by atoms with Crippen LogP contribution in [0.4, 0.5) is 0 Å². The Kier molecular flexibility index (Phi) is 8.70. The van der Waals surface area contributed by atoms with Crippen molar-refractivity contribution >= 4 is 17.8 Å². The molecule has 150 valence electrons. The number of nitrogens with one attached hydrogen (secondary N) is 2. The summed E-state index contributed by atoms with van der Waals surface area (Å²) in [6.45, 7) is 2.92. The molecule has 0 heterocycles. The summed E-state index contributed by atoms with van der Waals surface area (Å²) >= 11 is 0. The predicted molar refractivity (Wildman–Crippen MR) is 97.8 cm³/mol. The maximum Gasteiger partial charge on any atom is 0.326 e. The lowest BCUT2D eigenvalue weighted by atomic mass is 9.98. The van der Waals surface area contributed by atoms with Gasteiger partial charge in [-0.2, -0.15) is 0 Å². The Bertz CT molecular complexity index is 649. The van der Waals surface area contributed by atoms with Crippen LogP contribution in [0, 0.1) is 5.92 Å². The molecule has 9 heteroatoms. The monoisotopic (exact) mass is 381 g/mol. The molecule has 0 aromatic heterocycles. The number of aliphatic hydroxyl groups is 1. The molecule has 0 spiro atoms. The minimum Gasteiger partial charge on any atom is -0.508 e. The van der Waals surface area contributed by atoms with E-state index in [2.05, 4.69) is 10.6 Å². The van der Waals surface area contributed by atoms with E-state index >= 15 is 0 Å². The summed E-state index contributed by atoms with van der Waals surface area (Å²) in [7, 11) is 0. The van der Waals surface area contributed by atoms with E-state index in [0.717, 1.165) is 0 Å². The minimum absolute atomic E-state index is 0.0498. The molecule has 0 bridgehead atoms. The first kappa shape index (κ1) is 22.4. The first-order valence-corrected chi connectivity index (χ1v) is 8.67. The number of aliphatic carboxylic acids is 1. The third-order valence-electron chi connectivity index (χ3n) is 4.32. The van der Waals surface area contributed by atoms with E-state index in [1.54, 1.807) is 19.1 Å². The number of carbonyl (C=O) groups excluding carboxylic acids is 2. The topological polar surface area (TPSA) is 162 Å². The highest BCUT2D eigenvalue weighted by molar-refractivity contribution is 5.92. The highest BCUT2D eigenvalue weighted by atomic mass is 16.4. The number of aliphatic hydroxyl groups excluding tert-OH is 1. The number of carboxylic acid groups (broad SMARTS) is 1. The predicted octanol–water partition coefficient (Wildman–Crippen LogP) is -0.645. The normalized spacial score (nSPS) is 15.3. The summed E-state index contributed by atoms with van der Waals surface area (Å²) in [5.74, 6) is -2.83. The number of carbonyl (C=O) groups is 3. The van der Waals surface area contributed by atoms with E-state index in [9.17, 15) is 24.6 Å². The Hall–Kier alpha value is -2.65. The number of phenolic OH excluding ortho intramolecular Hbond substituents is 1. The molecule has 7 N–H and O–H groups in total. The van der Waals surface area contributed by atoms with Gasteiger partial charge >= 0.3 is 5.97 Å². The molecule has 4 atom stereocenters. The molecular weight excluding hydrogens is 354 g/mol. The van der Waals surface area contributed by atoms with Crippen molar-refractivity contribution in [3.8, 4) is 5.75 Å². The number of phenols is 1. The van der Waals surface area contributed by atoms with Crippen LogP contribution < -0.4 is 16.4 Å².